The van der Waals surface area contributed by atoms with Crippen LogP contribution in [0.2, 0.25) is 0 Å². The molecule has 1 aromatic carbocycles. The minimum atomic E-state index is -0.916. The van der Waals surface area contributed by atoms with Gasteiger partial charge < -0.3 is 10.1 Å². The number of ether oxygens (including phenoxy) is 1. The van der Waals surface area contributed by atoms with Gasteiger partial charge in [-0.2, -0.15) is 0 Å². The average molecular weight is 343 g/mol. The van der Waals surface area contributed by atoms with Gasteiger partial charge in [-0.3, -0.25) is 9.59 Å². The first-order valence-electron chi connectivity index (χ1n) is 7.57. The van der Waals surface area contributed by atoms with Crippen LogP contribution in [0.5, 0.6) is 0 Å². The normalized spacial score (nSPS) is 14.7. The summed E-state index contributed by atoms with van der Waals surface area (Å²) in [4.78, 5) is 23.7. The van der Waals surface area contributed by atoms with Crippen molar-refractivity contribution in [3.63, 3.8) is 0 Å². The molecule has 0 atom stereocenters. The van der Waals surface area contributed by atoms with E-state index in [0.29, 0.717) is 10.6 Å². The highest BCUT2D eigenvalue weighted by Crippen LogP contribution is 2.21. The van der Waals surface area contributed by atoms with Crippen LogP contribution in [0, 0.1) is 11.6 Å². The molecule has 0 aromatic heterocycles. The summed E-state index contributed by atoms with van der Waals surface area (Å²) >= 11 is 1.22. The van der Waals surface area contributed by atoms with E-state index in [2.05, 4.69) is 5.32 Å². The van der Waals surface area contributed by atoms with E-state index in [1.807, 2.05) is 0 Å². The Kier molecular flexibility index (Phi) is 6.83. The van der Waals surface area contributed by atoms with Crippen LogP contribution in [0.15, 0.2) is 23.1 Å². The van der Waals surface area contributed by atoms with E-state index in [0.717, 1.165) is 37.8 Å². The first kappa shape index (κ1) is 17.7. The molecule has 1 saturated carbocycles. The van der Waals surface area contributed by atoms with Crippen molar-refractivity contribution in [3.05, 3.63) is 29.8 Å². The smallest absolute Gasteiger partial charge is 0.307 e. The molecule has 0 aliphatic heterocycles. The average Bonchev–Trinajstić information content (AvgIpc) is 3.02. The maximum Gasteiger partial charge on any atom is 0.307 e. The second-order valence-corrected chi connectivity index (χ2v) is 6.55. The van der Waals surface area contributed by atoms with Gasteiger partial charge in [-0.1, -0.05) is 12.8 Å². The van der Waals surface area contributed by atoms with Crippen molar-refractivity contribution in [2.24, 2.45) is 0 Å². The van der Waals surface area contributed by atoms with Crippen LogP contribution in [-0.2, 0) is 14.3 Å². The van der Waals surface area contributed by atoms with E-state index in [9.17, 15) is 18.4 Å². The van der Waals surface area contributed by atoms with Crippen LogP contribution in [0.1, 0.15) is 32.1 Å². The van der Waals surface area contributed by atoms with Gasteiger partial charge in [0.2, 0.25) is 0 Å². The number of rotatable bonds is 7. The summed E-state index contributed by atoms with van der Waals surface area (Å²) in [6.07, 6.45) is 4.29. The molecule has 1 amide bonds. The molecule has 1 aliphatic rings. The molecule has 0 radical (unpaired) electrons. The minimum absolute atomic E-state index is 0.0976. The Hall–Kier alpha value is -1.63. The maximum atomic E-state index is 13.0. The molecule has 2 rings (SSSR count). The molecule has 0 saturated heterocycles. The molecule has 23 heavy (non-hydrogen) atoms. The molecule has 1 aliphatic carbocycles. The number of carbonyl (C=O) groups is 2. The highest BCUT2D eigenvalue weighted by atomic mass is 32.2. The van der Waals surface area contributed by atoms with Crippen LogP contribution in [0.4, 0.5) is 8.78 Å². The summed E-state index contributed by atoms with van der Waals surface area (Å²) in [7, 11) is 0. The lowest BCUT2D eigenvalue weighted by Gasteiger charge is -2.11. The summed E-state index contributed by atoms with van der Waals surface area (Å²) in [6.45, 7) is -0.273. The third kappa shape index (κ3) is 6.17. The van der Waals surface area contributed by atoms with Crippen molar-refractivity contribution in [1.29, 1.82) is 0 Å². The lowest BCUT2D eigenvalue weighted by atomic mass is 10.2. The highest BCUT2D eigenvalue weighted by Gasteiger charge is 2.17. The quantitative estimate of drug-likeness (QED) is 0.611. The molecule has 126 valence electrons. The fourth-order valence-corrected chi connectivity index (χ4v) is 3.23. The molecule has 0 unspecified atom stereocenters. The second-order valence-electron chi connectivity index (χ2n) is 5.38. The molecule has 0 spiro atoms. The van der Waals surface area contributed by atoms with Crippen molar-refractivity contribution in [2.75, 3.05) is 12.4 Å². The lowest BCUT2D eigenvalue weighted by Crippen LogP contribution is -2.35. The van der Waals surface area contributed by atoms with E-state index < -0.39 is 17.6 Å². The predicted octanol–water partition coefficient (Wildman–Crippen LogP) is 3.05. The maximum absolute atomic E-state index is 13.0. The Labute approximate surface area is 138 Å². The van der Waals surface area contributed by atoms with Gasteiger partial charge in [0.15, 0.2) is 18.2 Å². The third-order valence-electron chi connectivity index (χ3n) is 3.55. The molecule has 1 aromatic rings. The van der Waals surface area contributed by atoms with Crippen molar-refractivity contribution >= 4 is 23.6 Å². The molecular weight excluding hydrogens is 324 g/mol. The summed E-state index contributed by atoms with van der Waals surface area (Å²) < 4.78 is 30.7. The largest absolute Gasteiger partial charge is 0.456 e. The number of thioether (sulfide) groups is 1. The molecule has 4 nitrogen and oxygen atoms in total. The van der Waals surface area contributed by atoms with Gasteiger partial charge in [0.05, 0.1) is 6.42 Å². The molecule has 0 bridgehead atoms. The molecule has 7 heteroatoms. The highest BCUT2D eigenvalue weighted by molar-refractivity contribution is 7.99. The van der Waals surface area contributed by atoms with Crippen LogP contribution in [0.25, 0.3) is 0 Å². The Balaban J connectivity index is 1.60. The summed E-state index contributed by atoms with van der Waals surface area (Å²) in [5, 5.41) is 2.83. The van der Waals surface area contributed by atoms with Gasteiger partial charge in [-0.25, -0.2) is 8.78 Å². The Morgan fingerprint density at radius 3 is 2.65 bits per heavy atom. The van der Waals surface area contributed by atoms with E-state index in [4.69, 9.17) is 4.74 Å². The number of benzene rings is 1. The van der Waals surface area contributed by atoms with Crippen molar-refractivity contribution < 1.29 is 23.1 Å². The fraction of sp³-hybridized carbons (Fsp3) is 0.500. The van der Waals surface area contributed by atoms with E-state index >= 15 is 0 Å². The fourth-order valence-electron chi connectivity index (χ4n) is 2.38. The molecule has 1 N–H and O–H groups in total. The Bertz CT molecular complexity index is 562. The zero-order valence-corrected chi connectivity index (χ0v) is 13.5. The van der Waals surface area contributed by atoms with Gasteiger partial charge >= 0.3 is 5.97 Å². The van der Waals surface area contributed by atoms with Gasteiger partial charge in [0, 0.05) is 16.7 Å². The van der Waals surface area contributed by atoms with Crippen LogP contribution < -0.4 is 5.32 Å². The van der Waals surface area contributed by atoms with E-state index in [1.165, 1.54) is 17.8 Å². The monoisotopic (exact) mass is 343 g/mol. The second kappa shape index (κ2) is 8.86. The number of esters is 1. The number of hydrogen-bond donors (Lipinski definition) is 1. The zero-order valence-electron chi connectivity index (χ0n) is 12.6. The standard InChI is InChI=1S/C16H19F2NO3S/c17-13-6-5-12(9-14(13)18)23-8-7-16(21)22-10-15(20)19-11-3-1-2-4-11/h5-6,9,11H,1-4,7-8,10H2,(H,19,20). The lowest BCUT2D eigenvalue weighted by molar-refractivity contribution is -0.148. The minimum Gasteiger partial charge on any atom is -0.456 e. The van der Waals surface area contributed by atoms with Crippen molar-refractivity contribution in [2.45, 2.75) is 43.0 Å². The number of nitrogens with one attached hydrogen (secondary N) is 1. The molecule has 1 fully saturated rings. The number of amides is 1. The molecule has 0 heterocycles. The van der Waals surface area contributed by atoms with E-state index in [1.54, 1.807) is 0 Å². The SMILES string of the molecule is O=C(COC(=O)CCSc1ccc(F)c(F)c1)NC1CCCC1. The van der Waals surface area contributed by atoms with Gasteiger partial charge in [0.25, 0.3) is 5.91 Å². The van der Waals surface area contributed by atoms with Crippen molar-refractivity contribution in [3.8, 4) is 0 Å². The van der Waals surface area contributed by atoms with Crippen molar-refractivity contribution in [1.82, 2.24) is 5.32 Å². The van der Waals surface area contributed by atoms with Crippen LogP contribution in [-0.4, -0.2) is 30.3 Å². The van der Waals surface area contributed by atoms with Gasteiger partial charge in [-0.05, 0) is 31.0 Å². The predicted molar refractivity (Wildman–Crippen MR) is 83.1 cm³/mol. The Morgan fingerprint density at radius 2 is 1.96 bits per heavy atom. The summed E-state index contributed by atoms with van der Waals surface area (Å²) in [5.41, 5.74) is 0. The van der Waals surface area contributed by atoms with Gasteiger partial charge in [0.1, 0.15) is 0 Å². The van der Waals surface area contributed by atoms with E-state index in [-0.39, 0.29) is 25.0 Å². The topological polar surface area (TPSA) is 55.4 Å². The third-order valence-corrected chi connectivity index (χ3v) is 4.55. The molecular formula is C16H19F2NO3S. The summed E-state index contributed by atoms with van der Waals surface area (Å²) in [6, 6.07) is 3.78. The first-order valence-corrected chi connectivity index (χ1v) is 8.56. The van der Waals surface area contributed by atoms with Crippen LogP contribution in [0.3, 0.4) is 0 Å². The van der Waals surface area contributed by atoms with Gasteiger partial charge in [-0.15, -0.1) is 11.8 Å². The Morgan fingerprint density at radius 1 is 1.22 bits per heavy atom. The number of halogens is 2. The number of hydrogen-bond acceptors (Lipinski definition) is 4. The van der Waals surface area contributed by atoms with Crippen LogP contribution >= 0.6 is 11.8 Å². The zero-order chi connectivity index (χ0) is 16.7. The number of carbonyl (C=O) groups excluding carboxylic acids is 2. The first-order chi connectivity index (χ1) is 11.0. The summed E-state index contributed by atoms with van der Waals surface area (Å²) in [5.74, 6) is -2.21.